The molecular weight excluding hydrogens is 430 g/mol. The van der Waals surface area contributed by atoms with Crippen LogP contribution in [0, 0.1) is 0 Å². The lowest BCUT2D eigenvalue weighted by molar-refractivity contribution is -0.142. The van der Waals surface area contributed by atoms with Crippen LogP contribution in [0.4, 0.5) is 0 Å². The Morgan fingerprint density at radius 2 is 1.76 bits per heavy atom. The molecule has 0 saturated heterocycles. The minimum absolute atomic E-state index is 0.250. The van der Waals surface area contributed by atoms with Crippen molar-refractivity contribution in [1.29, 1.82) is 0 Å². The van der Waals surface area contributed by atoms with Crippen LogP contribution in [0.1, 0.15) is 29.8 Å². The van der Waals surface area contributed by atoms with Crippen LogP contribution in [0.2, 0.25) is 0 Å². The lowest BCUT2D eigenvalue weighted by Crippen LogP contribution is -2.43. The number of ether oxygens (including phenoxy) is 4. The largest absolute Gasteiger partial charge is 0.497 e. The molecule has 2 aromatic rings. The first-order valence-corrected chi connectivity index (χ1v) is 10.1. The van der Waals surface area contributed by atoms with Gasteiger partial charge in [-0.1, -0.05) is 0 Å². The standard InChI is InChI=1S/C23H27N3O7/c1-5-32-20-12-16(6-11-19(20)33-14-21(27)31-4)13-24-26-22(28)15(2)25-23(29)17-7-9-18(30-3)10-8-17/h6-13,15H,5,14H2,1-4H3,(H,25,29)(H,26,28). The van der Waals surface area contributed by atoms with E-state index in [2.05, 4.69) is 20.6 Å². The van der Waals surface area contributed by atoms with Crippen LogP contribution in [-0.2, 0) is 14.3 Å². The summed E-state index contributed by atoms with van der Waals surface area (Å²) in [6.07, 6.45) is 1.42. The van der Waals surface area contributed by atoms with Gasteiger partial charge in [0.05, 0.1) is 27.0 Å². The molecule has 0 bridgehead atoms. The maximum Gasteiger partial charge on any atom is 0.343 e. The maximum absolute atomic E-state index is 12.3. The number of carbonyl (C=O) groups excluding carboxylic acids is 3. The highest BCUT2D eigenvalue weighted by Gasteiger charge is 2.16. The number of nitrogens with one attached hydrogen (secondary N) is 2. The molecule has 2 N–H and O–H groups in total. The van der Waals surface area contributed by atoms with Gasteiger partial charge in [0.15, 0.2) is 18.1 Å². The van der Waals surface area contributed by atoms with Gasteiger partial charge in [-0.15, -0.1) is 0 Å². The van der Waals surface area contributed by atoms with Crippen LogP contribution in [0.3, 0.4) is 0 Å². The number of rotatable bonds is 11. The Kier molecular flexibility index (Phi) is 9.69. The van der Waals surface area contributed by atoms with Crippen molar-refractivity contribution in [2.45, 2.75) is 19.9 Å². The highest BCUT2D eigenvalue weighted by Crippen LogP contribution is 2.28. The van der Waals surface area contributed by atoms with Crippen LogP contribution < -0.4 is 25.0 Å². The zero-order chi connectivity index (χ0) is 24.2. The third-order valence-corrected chi connectivity index (χ3v) is 4.32. The predicted octanol–water partition coefficient (Wildman–Crippen LogP) is 1.91. The van der Waals surface area contributed by atoms with E-state index in [1.807, 2.05) is 6.92 Å². The van der Waals surface area contributed by atoms with Gasteiger partial charge >= 0.3 is 5.97 Å². The fourth-order valence-corrected chi connectivity index (χ4v) is 2.54. The number of hydrazone groups is 1. The Morgan fingerprint density at radius 1 is 1.03 bits per heavy atom. The van der Waals surface area contributed by atoms with E-state index in [-0.39, 0.29) is 6.61 Å². The molecule has 2 aromatic carbocycles. The summed E-state index contributed by atoms with van der Waals surface area (Å²) in [7, 11) is 2.81. The van der Waals surface area contributed by atoms with Crippen molar-refractivity contribution in [2.75, 3.05) is 27.4 Å². The van der Waals surface area contributed by atoms with Crippen LogP contribution in [0.15, 0.2) is 47.6 Å². The fraction of sp³-hybridized carbons (Fsp3) is 0.304. The highest BCUT2D eigenvalue weighted by atomic mass is 16.6. The Bertz CT molecular complexity index is 990. The minimum atomic E-state index is -0.815. The summed E-state index contributed by atoms with van der Waals surface area (Å²) in [5.74, 6) is 0.0145. The number of benzene rings is 2. The molecule has 10 heteroatoms. The molecule has 0 saturated carbocycles. The van der Waals surface area contributed by atoms with Crippen molar-refractivity contribution < 1.29 is 33.3 Å². The van der Waals surface area contributed by atoms with Crippen molar-refractivity contribution in [2.24, 2.45) is 5.10 Å². The van der Waals surface area contributed by atoms with E-state index < -0.39 is 23.8 Å². The molecule has 176 valence electrons. The van der Waals surface area contributed by atoms with Crippen molar-refractivity contribution >= 4 is 24.0 Å². The predicted molar refractivity (Wildman–Crippen MR) is 121 cm³/mol. The number of amides is 2. The average Bonchev–Trinajstić information content (AvgIpc) is 2.83. The number of hydrogen-bond acceptors (Lipinski definition) is 8. The molecule has 2 rings (SSSR count). The molecule has 0 aliphatic carbocycles. The second-order valence-corrected chi connectivity index (χ2v) is 6.66. The quantitative estimate of drug-likeness (QED) is 0.300. The Labute approximate surface area is 191 Å². The molecule has 0 aliphatic rings. The molecule has 1 unspecified atom stereocenters. The van der Waals surface area contributed by atoms with E-state index >= 15 is 0 Å². The monoisotopic (exact) mass is 457 g/mol. The van der Waals surface area contributed by atoms with Crippen molar-refractivity contribution in [3.63, 3.8) is 0 Å². The van der Waals surface area contributed by atoms with Gasteiger partial charge in [0, 0.05) is 5.56 Å². The van der Waals surface area contributed by atoms with Crippen LogP contribution >= 0.6 is 0 Å². The average molecular weight is 457 g/mol. The smallest absolute Gasteiger partial charge is 0.343 e. The van der Waals surface area contributed by atoms with Crippen molar-refractivity contribution in [3.05, 3.63) is 53.6 Å². The molecule has 0 fully saturated rings. The summed E-state index contributed by atoms with van der Waals surface area (Å²) in [6.45, 7) is 3.50. The Hall–Kier alpha value is -4.08. The van der Waals surface area contributed by atoms with Gasteiger partial charge in [0.1, 0.15) is 11.8 Å². The number of carbonyl (C=O) groups is 3. The van der Waals surface area contributed by atoms with E-state index in [1.165, 1.54) is 20.4 Å². The first kappa shape index (κ1) is 25.2. The van der Waals surface area contributed by atoms with Gasteiger partial charge in [-0.3, -0.25) is 9.59 Å². The lowest BCUT2D eigenvalue weighted by Gasteiger charge is -2.13. The summed E-state index contributed by atoms with van der Waals surface area (Å²) in [4.78, 5) is 35.8. The van der Waals surface area contributed by atoms with Gasteiger partial charge in [-0.05, 0) is 61.9 Å². The number of hydrogen-bond donors (Lipinski definition) is 2. The van der Waals surface area contributed by atoms with E-state index in [4.69, 9.17) is 14.2 Å². The minimum Gasteiger partial charge on any atom is -0.497 e. The summed E-state index contributed by atoms with van der Waals surface area (Å²) < 4.78 is 20.5. The van der Waals surface area contributed by atoms with Crippen LogP contribution in [0.25, 0.3) is 0 Å². The van der Waals surface area contributed by atoms with E-state index in [0.717, 1.165) is 0 Å². The fourth-order valence-electron chi connectivity index (χ4n) is 2.54. The molecular formula is C23H27N3O7. The second kappa shape index (κ2) is 12.7. The molecule has 10 nitrogen and oxygen atoms in total. The molecule has 0 heterocycles. The third kappa shape index (κ3) is 7.84. The second-order valence-electron chi connectivity index (χ2n) is 6.66. The Balaban J connectivity index is 1.94. The molecule has 0 aromatic heterocycles. The Morgan fingerprint density at radius 3 is 2.39 bits per heavy atom. The van der Waals surface area contributed by atoms with Crippen LogP contribution in [-0.4, -0.2) is 57.5 Å². The molecule has 0 aliphatic heterocycles. The first-order valence-electron chi connectivity index (χ1n) is 10.1. The number of nitrogens with zero attached hydrogens (tertiary/aromatic N) is 1. The normalized spacial score (nSPS) is 11.4. The molecule has 2 amide bonds. The van der Waals surface area contributed by atoms with Gasteiger partial charge in [0.25, 0.3) is 11.8 Å². The summed E-state index contributed by atoms with van der Waals surface area (Å²) in [5, 5.41) is 6.52. The molecule has 0 spiro atoms. The maximum atomic E-state index is 12.3. The topological polar surface area (TPSA) is 125 Å². The SMILES string of the molecule is CCOc1cc(C=NNC(=O)C(C)NC(=O)c2ccc(OC)cc2)ccc1OCC(=O)OC. The highest BCUT2D eigenvalue weighted by molar-refractivity contribution is 5.97. The van der Waals surface area contributed by atoms with Gasteiger partial charge < -0.3 is 24.3 Å². The zero-order valence-electron chi connectivity index (χ0n) is 18.9. The third-order valence-electron chi connectivity index (χ3n) is 4.32. The van der Waals surface area contributed by atoms with Gasteiger partial charge in [0.2, 0.25) is 0 Å². The van der Waals surface area contributed by atoms with E-state index in [9.17, 15) is 14.4 Å². The van der Waals surface area contributed by atoms with E-state index in [1.54, 1.807) is 49.4 Å². The van der Waals surface area contributed by atoms with Crippen LogP contribution in [0.5, 0.6) is 17.2 Å². The van der Waals surface area contributed by atoms with Gasteiger partial charge in [-0.2, -0.15) is 5.10 Å². The summed E-state index contributed by atoms with van der Waals surface area (Å²) >= 11 is 0. The summed E-state index contributed by atoms with van der Waals surface area (Å²) in [5.41, 5.74) is 3.41. The first-order chi connectivity index (χ1) is 15.9. The van der Waals surface area contributed by atoms with Crippen molar-refractivity contribution in [1.82, 2.24) is 10.7 Å². The number of esters is 1. The number of methoxy groups -OCH3 is 2. The zero-order valence-corrected chi connectivity index (χ0v) is 18.9. The van der Waals surface area contributed by atoms with Gasteiger partial charge in [-0.25, -0.2) is 10.2 Å². The lowest BCUT2D eigenvalue weighted by atomic mass is 10.2. The van der Waals surface area contributed by atoms with Crippen molar-refractivity contribution in [3.8, 4) is 17.2 Å². The summed E-state index contributed by atoms with van der Waals surface area (Å²) in [6, 6.07) is 10.7. The van der Waals surface area contributed by atoms with E-state index in [0.29, 0.717) is 35.0 Å². The molecule has 1 atom stereocenters. The molecule has 0 radical (unpaired) electrons. The molecule has 33 heavy (non-hydrogen) atoms.